The minimum absolute atomic E-state index is 0.104. The molecule has 1 aliphatic carbocycles. The molecule has 7 nitrogen and oxygen atoms in total. The number of hydrogen-bond acceptors (Lipinski definition) is 7. The van der Waals surface area contributed by atoms with Crippen LogP contribution in [-0.4, -0.2) is 31.6 Å². The van der Waals surface area contributed by atoms with E-state index in [9.17, 15) is 9.18 Å². The fourth-order valence-corrected chi connectivity index (χ4v) is 4.71. The summed E-state index contributed by atoms with van der Waals surface area (Å²) in [6.07, 6.45) is 6.35. The predicted molar refractivity (Wildman–Crippen MR) is 109 cm³/mol. The van der Waals surface area contributed by atoms with Gasteiger partial charge < -0.3 is 10.6 Å². The molecule has 1 aliphatic rings. The Morgan fingerprint density at radius 2 is 2.00 bits per heavy atom. The maximum atomic E-state index is 13.0. The second-order valence-corrected chi connectivity index (χ2v) is 8.64. The van der Waals surface area contributed by atoms with E-state index in [0.29, 0.717) is 15.5 Å². The van der Waals surface area contributed by atoms with E-state index >= 15 is 0 Å². The molecule has 1 saturated carbocycles. The fraction of sp³-hybridized carbons (Fsp3) is 0.333. The number of amides is 1. The summed E-state index contributed by atoms with van der Waals surface area (Å²) in [4.78, 5) is 12.3. The molecular weight excluding hydrogens is 399 g/mol. The van der Waals surface area contributed by atoms with Crippen molar-refractivity contribution in [3.8, 4) is 0 Å². The summed E-state index contributed by atoms with van der Waals surface area (Å²) < 4.78 is 15.6. The SMILES string of the molecule is O=C(CSc1nnc(Nc2ccc(F)cc2)s1)Nc1ccnn1C1CCCC1. The highest BCUT2D eigenvalue weighted by Crippen LogP contribution is 2.31. The molecule has 1 amide bonds. The van der Waals surface area contributed by atoms with E-state index in [0.717, 1.165) is 24.3 Å². The zero-order chi connectivity index (χ0) is 19.3. The van der Waals surface area contributed by atoms with Crippen LogP contribution >= 0.6 is 23.1 Å². The lowest BCUT2D eigenvalue weighted by Crippen LogP contribution is -2.19. The van der Waals surface area contributed by atoms with Gasteiger partial charge in [0.15, 0.2) is 4.34 Å². The first-order valence-electron chi connectivity index (χ1n) is 8.99. The summed E-state index contributed by atoms with van der Waals surface area (Å²) in [5, 5.41) is 19.1. The van der Waals surface area contributed by atoms with E-state index in [1.165, 1.54) is 48.1 Å². The van der Waals surface area contributed by atoms with Crippen molar-refractivity contribution < 1.29 is 9.18 Å². The van der Waals surface area contributed by atoms with Crippen LogP contribution in [0, 0.1) is 5.82 Å². The topological polar surface area (TPSA) is 84.7 Å². The summed E-state index contributed by atoms with van der Waals surface area (Å²) in [7, 11) is 0. The number of rotatable bonds is 7. The maximum Gasteiger partial charge on any atom is 0.235 e. The number of nitrogens with zero attached hydrogens (tertiary/aromatic N) is 4. The van der Waals surface area contributed by atoms with Gasteiger partial charge in [0.25, 0.3) is 0 Å². The third-order valence-corrected chi connectivity index (χ3v) is 6.41. The number of carbonyl (C=O) groups excluding carboxylic acids is 1. The summed E-state index contributed by atoms with van der Waals surface area (Å²) >= 11 is 2.67. The van der Waals surface area contributed by atoms with Gasteiger partial charge >= 0.3 is 0 Å². The first-order valence-corrected chi connectivity index (χ1v) is 10.8. The van der Waals surface area contributed by atoms with Crippen molar-refractivity contribution in [3.63, 3.8) is 0 Å². The molecule has 2 heterocycles. The summed E-state index contributed by atoms with van der Waals surface area (Å²) in [6.45, 7) is 0. The molecule has 146 valence electrons. The Morgan fingerprint density at radius 3 is 2.79 bits per heavy atom. The highest BCUT2D eigenvalue weighted by atomic mass is 32.2. The molecule has 4 rings (SSSR count). The minimum atomic E-state index is -0.292. The molecule has 0 saturated heterocycles. The fourth-order valence-electron chi connectivity index (χ4n) is 3.13. The quantitative estimate of drug-likeness (QED) is 0.551. The van der Waals surface area contributed by atoms with Gasteiger partial charge in [-0.2, -0.15) is 5.10 Å². The zero-order valence-corrected chi connectivity index (χ0v) is 16.6. The molecular formula is C18H19FN6OS2. The van der Waals surface area contributed by atoms with E-state index in [1.807, 2.05) is 10.7 Å². The van der Waals surface area contributed by atoms with Gasteiger partial charge in [-0.25, -0.2) is 9.07 Å². The van der Waals surface area contributed by atoms with Crippen LogP contribution in [0.15, 0.2) is 40.9 Å². The predicted octanol–water partition coefficient (Wildman–Crippen LogP) is 4.46. The van der Waals surface area contributed by atoms with E-state index < -0.39 is 0 Å². The van der Waals surface area contributed by atoms with Crippen LogP contribution in [-0.2, 0) is 4.79 Å². The molecule has 1 aromatic carbocycles. The summed E-state index contributed by atoms with van der Waals surface area (Å²) in [6, 6.07) is 8.21. The van der Waals surface area contributed by atoms with Crippen molar-refractivity contribution in [2.45, 2.75) is 36.1 Å². The monoisotopic (exact) mass is 418 g/mol. The Hall–Kier alpha value is -2.46. The molecule has 0 atom stereocenters. The van der Waals surface area contributed by atoms with Gasteiger partial charge in [0, 0.05) is 11.8 Å². The smallest absolute Gasteiger partial charge is 0.235 e. The molecule has 0 radical (unpaired) electrons. The standard InChI is InChI=1S/C18H19FN6OS2/c19-12-5-7-13(8-6-12)21-17-23-24-18(28-17)27-11-16(26)22-15-9-10-20-25(15)14-3-1-2-4-14/h5-10,14H,1-4,11H2,(H,21,23)(H,22,26). The first kappa shape index (κ1) is 18.9. The summed E-state index contributed by atoms with van der Waals surface area (Å²) in [5.41, 5.74) is 0.729. The number of nitrogens with one attached hydrogen (secondary N) is 2. The van der Waals surface area contributed by atoms with Crippen molar-refractivity contribution in [2.75, 3.05) is 16.4 Å². The number of carbonyl (C=O) groups is 1. The lowest BCUT2D eigenvalue weighted by molar-refractivity contribution is -0.113. The Balaban J connectivity index is 1.29. The molecule has 10 heteroatoms. The van der Waals surface area contributed by atoms with Crippen LogP contribution in [0.2, 0.25) is 0 Å². The number of halogens is 1. The average molecular weight is 419 g/mol. The second-order valence-electron chi connectivity index (χ2n) is 6.44. The molecule has 2 N–H and O–H groups in total. The van der Waals surface area contributed by atoms with Crippen molar-refractivity contribution in [1.29, 1.82) is 0 Å². The van der Waals surface area contributed by atoms with Gasteiger partial charge in [0.05, 0.1) is 18.0 Å². The van der Waals surface area contributed by atoms with Gasteiger partial charge in [0.1, 0.15) is 11.6 Å². The Morgan fingerprint density at radius 1 is 1.21 bits per heavy atom. The maximum absolute atomic E-state index is 13.0. The normalized spacial score (nSPS) is 14.3. The highest BCUT2D eigenvalue weighted by molar-refractivity contribution is 8.01. The van der Waals surface area contributed by atoms with E-state index in [-0.39, 0.29) is 17.5 Å². The van der Waals surface area contributed by atoms with E-state index in [1.54, 1.807) is 18.3 Å². The van der Waals surface area contributed by atoms with Crippen LogP contribution < -0.4 is 10.6 Å². The molecule has 0 spiro atoms. The Labute approximate surface area is 169 Å². The molecule has 0 unspecified atom stereocenters. The number of thioether (sulfide) groups is 1. The van der Waals surface area contributed by atoms with Crippen molar-refractivity contribution in [1.82, 2.24) is 20.0 Å². The van der Waals surface area contributed by atoms with E-state index in [2.05, 4.69) is 25.9 Å². The lowest BCUT2D eigenvalue weighted by Gasteiger charge is -2.14. The van der Waals surface area contributed by atoms with Gasteiger partial charge in [-0.15, -0.1) is 10.2 Å². The number of anilines is 3. The zero-order valence-electron chi connectivity index (χ0n) is 15.0. The van der Waals surface area contributed by atoms with Gasteiger partial charge in [-0.1, -0.05) is 35.9 Å². The van der Waals surface area contributed by atoms with E-state index in [4.69, 9.17) is 0 Å². The average Bonchev–Trinajstić information content (AvgIpc) is 3.43. The van der Waals surface area contributed by atoms with Crippen molar-refractivity contribution in [3.05, 3.63) is 42.3 Å². The Kier molecular flexibility index (Phi) is 5.87. The third-order valence-electron chi connectivity index (χ3n) is 4.44. The lowest BCUT2D eigenvalue weighted by atomic mass is 10.2. The highest BCUT2D eigenvalue weighted by Gasteiger charge is 2.20. The molecule has 0 aliphatic heterocycles. The molecule has 2 aromatic heterocycles. The van der Waals surface area contributed by atoms with Crippen LogP contribution in [0.25, 0.3) is 0 Å². The Bertz CT molecular complexity index is 936. The molecule has 3 aromatic rings. The van der Waals surface area contributed by atoms with Crippen LogP contribution in [0.1, 0.15) is 31.7 Å². The first-order chi connectivity index (χ1) is 13.7. The van der Waals surface area contributed by atoms with Crippen LogP contribution in [0.3, 0.4) is 0 Å². The van der Waals surface area contributed by atoms with Crippen LogP contribution in [0.4, 0.5) is 21.0 Å². The third kappa shape index (κ3) is 4.68. The second kappa shape index (κ2) is 8.70. The summed E-state index contributed by atoms with van der Waals surface area (Å²) in [5.74, 6) is 0.585. The van der Waals surface area contributed by atoms with Crippen LogP contribution in [0.5, 0.6) is 0 Å². The van der Waals surface area contributed by atoms with Gasteiger partial charge in [-0.05, 0) is 37.1 Å². The molecule has 1 fully saturated rings. The van der Waals surface area contributed by atoms with Crippen molar-refractivity contribution in [2.24, 2.45) is 0 Å². The van der Waals surface area contributed by atoms with Crippen molar-refractivity contribution >= 4 is 45.6 Å². The largest absolute Gasteiger partial charge is 0.330 e. The number of hydrogen-bond donors (Lipinski definition) is 2. The molecule has 28 heavy (non-hydrogen) atoms. The minimum Gasteiger partial charge on any atom is -0.330 e. The van der Waals surface area contributed by atoms with Gasteiger partial charge in [0.2, 0.25) is 11.0 Å². The molecule has 0 bridgehead atoms. The number of aromatic nitrogens is 4. The number of benzene rings is 1. The van der Waals surface area contributed by atoms with Gasteiger partial charge in [-0.3, -0.25) is 4.79 Å².